The van der Waals surface area contributed by atoms with Gasteiger partial charge in [0.25, 0.3) is 0 Å². The molecule has 2 aromatic heterocycles. The predicted molar refractivity (Wildman–Crippen MR) is 108 cm³/mol. The van der Waals surface area contributed by atoms with Gasteiger partial charge < -0.3 is 0 Å². The van der Waals surface area contributed by atoms with Crippen molar-refractivity contribution in [2.45, 2.75) is 32.1 Å². The van der Waals surface area contributed by atoms with Gasteiger partial charge in [0.05, 0.1) is 5.69 Å². The van der Waals surface area contributed by atoms with Crippen molar-refractivity contribution >= 4 is 31.5 Å². The summed E-state index contributed by atoms with van der Waals surface area (Å²) in [5.74, 6) is 0.121. The van der Waals surface area contributed by atoms with Crippen LogP contribution in [0.1, 0.15) is 34.0 Å². The zero-order valence-corrected chi connectivity index (χ0v) is 14.9. The number of rotatable bonds is 3. The van der Waals surface area contributed by atoms with Crippen molar-refractivity contribution in [1.29, 1.82) is 0 Å². The van der Waals surface area contributed by atoms with Crippen molar-refractivity contribution in [3.05, 3.63) is 66.4 Å². The van der Waals surface area contributed by atoms with Crippen molar-refractivity contribution in [3.8, 4) is 11.3 Å². The summed E-state index contributed by atoms with van der Waals surface area (Å²) in [7, 11) is 0. The smallest absolute Gasteiger partial charge is 0.0704 e. The molecule has 5 rings (SSSR count). The van der Waals surface area contributed by atoms with Crippen LogP contribution in [0, 0.1) is 5.92 Å². The second kappa shape index (κ2) is 6.27. The number of pyridine rings is 1. The third-order valence-electron chi connectivity index (χ3n) is 5.16. The lowest BCUT2D eigenvalue weighted by Crippen LogP contribution is -1.99. The van der Waals surface area contributed by atoms with E-state index in [1.54, 1.807) is 6.20 Å². The summed E-state index contributed by atoms with van der Waals surface area (Å²) in [6.45, 7) is 0. The van der Waals surface area contributed by atoms with Gasteiger partial charge in [-0.2, -0.15) is 0 Å². The minimum atomic E-state index is -1.28. The van der Waals surface area contributed by atoms with E-state index in [1.165, 1.54) is 20.2 Å². The molecule has 1 fully saturated rings. The topological polar surface area (TPSA) is 12.9 Å². The van der Waals surface area contributed by atoms with E-state index >= 15 is 0 Å². The first-order valence-electron chi connectivity index (χ1n) is 10.0. The van der Waals surface area contributed by atoms with E-state index in [-0.39, 0.29) is 5.92 Å². The largest absolute Gasteiger partial charge is 0.256 e. The molecule has 0 saturated heterocycles. The van der Waals surface area contributed by atoms with Gasteiger partial charge in [-0.25, -0.2) is 0 Å². The Morgan fingerprint density at radius 3 is 2.72 bits per heavy atom. The first kappa shape index (κ1) is 13.1. The Morgan fingerprint density at radius 1 is 0.960 bits per heavy atom. The zero-order valence-electron chi connectivity index (χ0n) is 16.0. The summed E-state index contributed by atoms with van der Waals surface area (Å²) in [5.41, 5.74) is 2.66. The van der Waals surface area contributed by atoms with Crippen molar-refractivity contribution in [2.75, 3.05) is 0 Å². The highest BCUT2D eigenvalue weighted by Crippen LogP contribution is 2.36. The minimum absolute atomic E-state index is 0.121. The SMILES string of the molecule is [2H]C([2H])(c1ccnc(-c2ccc3sc4ccccc4c3c2)c1)C1CCCC1. The van der Waals surface area contributed by atoms with E-state index in [4.69, 9.17) is 2.74 Å². The van der Waals surface area contributed by atoms with Gasteiger partial charge in [-0.15, -0.1) is 11.3 Å². The van der Waals surface area contributed by atoms with E-state index in [2.05, 4.69) is 47.4 Å². The lowest BCUT2D eigenvalue weighted by atomic mass is 9.97. The Hall–Kier alpha value is -2.19. The van der Waals surface area contributed by atoms with E-state index in [0.29, 0.717) is 0 Å². The summed E-state index contributed by atoms with van der Waals surface area (Å²) >= 11 is 1.81. The molecule has 2 heteroatoms. The van der Waals surface area contributed by atoms with Crippen LogP contribution in [-0.2, 0) is 6.37 Å². The van der Waals surface area contributed by atoms with E-state index in [0.717, 1.165) is 42.5 Å². The van der Waals surface area contributed by atoms with Crippen LogP contribution in [0.3, 0.4) is 0 Å². The molecule has 0 unspecified atom stereocenters. The van der Waals surface area contributed by atoms with Gasteiger partial charge in [0.1, 0.15) is 0 Å². The Bertz CT molecular complexity index is 1130. The van der Waals surface area contributed by atoms with Crippen LogP contribution in [0.15, 0.2) is 60.8 Å². The number of fused-ring (bicyclic) bond motifs is 3. The molecule has 2 aromatic carbocycles. The molecule has 25 heavy (non-hydrogen) atoms. The quantitative estimate of drug-likeness (QED) is 0.396. The second-order valence-electron chi connectivity index (χ2n) is 6.86. The second-order valence-corrected chi connectivity index (χ2v) is 7.95. The Kier molecular flexibility index (Phi) is 3.28. The number of hydrogen-bond donors (Lipinski definition) is 0. The number of aromatic nitrogens is 1. The lowest BCUT2D eigenvalue weighted by molar-refractivity contribution is 0.546. The fraction of sp³-hybridized carbons (Fsp3) is 0.261. The average molecular weight is 346 g/mol. The number of hydrogen-bond acceptors (Lipinski definition) is 2. The minimum Gasteiger partial charge on any atom is -0.256 e. The first-order valence-corrected chi connectivity index (χ1v) is 9.83. The van der Waals surface area contributed by atoms with Crippen molar-refractivity contribution in [3.63, 3.8) is 0 Å². The normalized spacial score (nSPS) is 17.1. The van der Waals surface area contributed by atoms with Gasteiger partial charge in [-0.1, -0.05) is 49.9 Å². The fourth-order valence-electron chi connectivity index (χ4n) is 3.87. The molecular formula is C23H21NS. The highest BCUT2D eigenvalue weighted by Gasteiger charge is 2.16. The lowest BCUT2D eigenvalue weighted by Gasteiger charge is -2.10. The number of thiophene rings is 1. The molecule has 0 atom stereocenters. The van der Waals surface area contributed by atoms with Crippen molar-refractivity contribution in [2.24, 2.45) is 5.92 Å². The Morgan fingerprint density at radius 2 is 1.80 bits per heavy atom. The molecule has 0 amide bonds. The molecular weight excluding hydrogens is 322 g/mol. The maximum absolute atomic E-state index is 8.68. The molecule has 0 N–H and O–H groups in total. The van der Waals surface area contributed by atoms with E-state index < -0.39 is 6.37 Å². The summed E-state index contributed by atoms with van der Waals surface area (Å²) in [4.78, 5) is 4.56. The van der Waals surface area contributed by atoms with Gasteiger partial charge >= 0.3 is 0 Å². The van der Waals surface area contributed by atoms with Crippen LogP contribution < -0.4 is 0 Å². The molecule has 0 radical (unpaired) electrons. The van der Waals surface area contributed by atoms with Gasteiger partial charge in [-0.05, 0) is 48.2 Å². The van der Waals surface area contributed by atoms with Crippen molar-refractivity contribution in [1.82, 2.24) is 4.98 Å². The standard InChI is InChI=1S/C23H21NS/c1-2-6-16(5-1)13-17-11-12-24-21(14-17)18-9-10-23-20(15-18)19-7-3-4-8-22(19)25-23/h3-4,7-12,14-16H,1-2,5-6,13H2/i13D2. The molecule has 4 aromatic rings. The van der Waals surface area contributed by atoms with Crippen LogP contribution in [-0.4, -0.2) is 4.98 Å². The highest BCUT2D eigenvalue weighted by molar-refractivity contribution is 7.25. The Balaban J connectivity index is 1.59. The van der Waals surface area contributed by atoms with Crippen LogP contribution >= 0.6 is 11.3 Å². The summed E-state index contributed by atoms with van der Waals surface area (Å²) < 4.78 is 19.9. The van der Waals surface area contributed by atoms with Gasteiger partial charge in [-0.3, -0.25) is 4.98 Å². The maximum atomic E-state index is 8.68. The summed E-state index contributed by atoms with van der Waals surface area (Å²) in [6.07, 6.45) is 4.73. The molecule has 1 aliphatic carbocycles. The first-order chi connectivity index (χ1) is 13.1. The van der Waals surface area contributed by atoms with Gasteiger partial charge in [0.15, 0.2) is 0 Å². The summed E-state index contributed by atoms with van der Waals surface area (Å²) in [5, 5.41) is 2.52. The van der Waals surface area contributed by atoms with Crippen LogP contribution in [0.5, 0.6) is 0 Å². The maximum Gasteiger partial charge on any atom is 0.0704 e. The molecule has 1 saturated carbocycles. The zero-order chi connectivity index (χ0) is 18.4. The van der Waals surface area contributed by atoms with Crippen LogP contribution in [0.2, 0.25) is 0 Å². The molecule has 1 aliphatic rings. The van der Waals surface area contributed by atoms with Gasteiger partial charge in [0, 0.05) is 34.7 Å². The molecule has 0 aliphatic heterocycles. The number of nitrogens with zero attached hydrogens (tertiary/aromatic N) is 1. The average Bonchev–Trinajstić information content (AvgIpc) is 3.36. The molecule has 0 bridgehead atoms. The number of benzene rings is 2. The summed E-state index contributed by atoms with van der Waals surface area (Å²) in [6, 6.07) is 18.8. The van der Waals surface area contributed by atoms with Crippen LogP contribution in [0.25, 0.3) is 31.4 Å². The molecule has 2 heterocycles. The third kappa shape index (κ3) is 2.85. The van der Waals surface area contributed by atoms with E-state index in [1.807, 2.05) is 23.5 Å². The van der Waals surface area contributed by atoms with E-state index in [9.17, 15) is 0 Å². The predicted octanol–water partition coefficient (Wildman–Crippen LogP) is 6.85. The van der Waals surface area contributed by atoms with Crippen LogP contribution in [0.4, 0.5) is 0 Å². The molecule has 0 spiro atoms. The fourth-order valence-corrected chi connectivity index (χ4v) is 4.96. The third-order valence-corrected chi connectivity index (χ3v) is 6.31. The highest BCUT2D eigenvalue weighted by atomic mass is 32.1. The molecule has 1 nitrogen and oxygen atoms in total. The van der Waals surface area contributed by atoms with Crippen molar-refractivity contribution < 1.29 is 2.74 Å². The van der Waals surface area contributed by atoms with Gasteiger partial charge in [0.2, 0.25) is 0 Å². The monoisotopic (exact) mass is 345 g/mol. The Labute approximate surface area is 155 Å². The molecule has 124 valence electrons.